The van der Waals surface area contributed by atoms with E-state index in [9.17, 15) is 0 Å². The number of nitrogens with zero attached hydrogens (tertiary/aromatic N) is 4. The van der Waals surface area contributed by atoms with E-state index >= 15 is 0 Å². The molecule has 0 unspecified atom stereocenters. The first-order chi connectivity index (χ1) is 23.9. The lowest BCUT2D eigenvalue weighted by Crippen LogP contribution is -2.09. The van der Waals surface area contributed by atoms with E-state index in [2.05, 4.69) is 128 Å². The van der Waals surface area contributed by atoms with Crippen molar-refractivity contribution in [3.63, 3.8) is 0 Å². The summed E-state index contributed by atoms with van der Waals surface area (Å²) in [4.78, 5) is 19.3. The van der Waals surface area contributed by atoms with Gasteiger partial charge in [-0.3, -0.25) is 20.0 Å². The molecule has 4 heteroatoms. The van der Waals surface area contributed by atoms with E-state index < -0.39 is 0 Å². The number of hydrogen-bond acceptors (Lipinski definition) is 4. The summed E-state index contributed by atoms with van der Waals surface area (Å²) in [7, 11) is 0. The smallest absolute Gasteiger partial charge is 0.0812 e. The molecule has 50 heavy (non-hydrogen) atoms. The lowest BCUT2D eigenvalue weighted by atomic mass is 9.78. The van der Waals surface area contributed by atoms with Crippen LogP contribution in [0.1, 0.15) is 161 Å². The van der Waals surface area contributed by atoms with Gasteiger partial charge in [-0.25, -0.2) is 0 Å². The van der Waals surface area contributed by atoms with E-state index in [4.69, 9.17) is 9.98 Å². The topological polar surface area (TPSA) is 50.5 Å². The van der Waals surface area contributed by atoms with E-state index in [0.29, 0.717) is 5.92 Å². The van der Waals surface area contributed by atoms with Gasteiger partial charge in [0.2, 0.25) is 0 Å². The summed E-state index contributed by atoms with van der Waals surface area (Å²) in [5.74, 6) is 1.64. The molecule has 0 saturated carbocycles. The van der Waals surface area contributed by atoms with Crippen LogP contribution in [0.4, 0.5) is 11.4 Å². The maximum Gasteiger partial charge on any atom is 0.0812 e. The predicted molar refractivity (Wildman–Crippen MR) is 214 cm³/mol. The van der Waals surface area contributed by atoms with Gasteiger partial charge < -0.3 is 0 Å². The van der Waals surface area contributed by atoms with Gasteiger partial charge in [-0.1, -0.05) is 130 Å². The van der Waals surface area contributed by atoms with Crippen molar-refractivity contribution in [3.8, 4) is 0 Å². The minimum Gasteiger partial charge on any atom is -0.255 e. The Kier molecular flexibility index (Phi) is 12.0. The maximum atomic E-state index is 5.12. The van der Waals surface area contributed by atoms with E-state index in [1.165, 1.54) is 44.5 Å². The molecule has 0 bridgehead atoms. The molecule has 0 N–H and O–H groups in total. The lowest BCUT2D eigenvalue weighted by molar-refractivity contribution is 0.812. The molecule has 2 heterocycles. The Morgan fingerprint density at radius 1 is 0.420 bits per heavy atom. The van der Waals surface area contributed by atoms with Gasteiger partial charge in [0.15, 0.2) is 0 Å². The molecule has 2 aromatic heterocycles. The van der Waals surface area contributed by atoms with Gasteiger partial charge in [0.05, 0.1) is 35.2 Å². The second kappa shape index (κ2) is 16.3. The van der Waals surface area contributed by atoms with Crippen molar-refractivity contribution in [3.05, 3.63) is 153 Å². The van der Waals surface area contributed by atoms with E-state index in [1.54, 1.807) is 0 Å². The van der Waals surface area contributed by atoms with Crippen LogP contribution in [0, 0.1) is 0 Å². The maximum absolute atomic E-state index is 5.12. The molecule has 0 aliphatic heterocycles. The van der Waals surface area contributed by atoms with Crippen LogP contribution in [0.25, 0.3) is 0 Å². The fraction of sp³-hybridized carbons (Fsp3) is 0.348. The lowest BCUT2D eigenvalue weighted by Gasteiger charge is -2.27. The summed E-state index contributed by atoms with van der Waals surface area (Å²) >= 11 is 0. The number of benzene rings is 3. The Bertz CT molecular complexity index is 1740. The van der Waals surface area contributed by atoms with Gasteiger partial charge in [-0.2, -0.15) is 0 Å². The SMILES string of the molecule is CC(C)c1ccc(C(c2cc(C(C)C)c(N=Cc3ccccn3)c(C(C)C)c2)c2cc(C(C)C)c(N=Cc3ccccn3)c(C(C)C)c2)cc1. The van der Waals surface area contributed by atoms with Crippen LogP contribution in [-0.2, 0) is 0 Å². The molecule has 0 radical (unpaired) electrons. The van der Waals surface area contributed by atoms with Crippen molar-refractivity contribution >= 4 is 23.8 Å². The third kappa shape index (κ3) is 8.53. The Morgan fingerprint density at radius 3 is 1.08 bits per heavy atom. The number of rotatable bonds is 12. The molecule has 3 aromatic carbocycles. The van der Waals surface area contributed by atoms with Crippen LogP contribution < -0.4 is 0 Å². The highest BCUT2D eigenvalue weighted by Gasteiger charge is 2.26. The van der Waals surface area contributed by atoms with Crippen molar-refractivity contribution in [2.24, 2.45) is 9.98 Å². The molecule has 0 aliphatic carbocycles. The summed E-state index contributed by atoms with van der Waals surface area (Å²) < 4.78 is 0. The van der Waals surface area contributed by atoms with E-state index in [-0.39, 0.29) is 29.6 Å². The van der Waals surface area contributed by atoms with Crippen LogP contribution in [0.5, 0.6) is 0 Å². The molecule has 258 valence electrons. The molecule has 5 aromatic rings. The van der Waals surface area contributed by atoms with Crippen LogP contribution in [0.2, 0.25) is 0 Å². The minimum absolute atomic E-state index is 0.0313. The highest BCUT2D eigenvalue weighted by molar-refractivity contribution is 5.82. The second-order valence-corrected chi connectivity index (χ2v) is 15.0. The Balaban J connectivity index is 1.77. The largest absolute Gasteiger partial charge is 0.255 e. The quantitative estimate of drug-likeness (QED) is 0.0986. The molecular weight excluding hydrogens is 609 g/mol. The van der Waals surface area contributed by atoms with Gasteiger partial charge in [0.1, 0.15) is 0 Å². The van der Waals surface area contributed by atoms with Crippen molar-refractivity contribution in [2.75, 3.05) is 0 Å². The number of hydrogen-bond donors (Lipinski definition) is 0. The molecule has 0 fully saturated rings. The number of pyridine rings is 2. The summed E-state index contributed by atoms with van der Waals surface area (Å²) in [5.41, 5.74) is 14.1. The van der Waals surface area contributed by atoms with Crippen LogP contribution >= 0.6 is 0 Å². The molecule has 5 rings (SSSR count). The molecule has 0 saturated heterocycles. The van der Waals surface area contributed by atoms with Crippen LogP contribution in [0.3, 0.4) is 0 Å². The molecule has 4 nitrogen and oxygen atoms in total. The van der Waals surface area contributed by atoms with Crippen molar-refractivity contribution < 1.29 is 0 Å². The normalized spacial score (nSPS) is 12.9. The third-order valence-corrected chi connectivity index (χ3v) is 9.50. The van der Waals surface area contributed by atoms with Gasteiger partial charge in [-0.05, 0) is 98.4 Å². The zero-order valence-corrected chi connectivity index (χ0v) is 31.6. The zero-order valence-electron chi connectivity index (χ0n) is 31.6. The Morgan fingerprint density at radius 2 is 0.780 bits per heavy atom. The average Bonchev–Trinajstić information content (AvgIpc) is 3.10. The van der Waals surface area contributed by atoms with E-state index in [0.717, 1.165) is 22.8 Å². The summed E-state index contributed by atoms with van der Waals surface area (Å²) in [5, 5.41) is 0. The van der Waals surface area contributed by atoms with Crippen LogP contribution in [0.15, 0.2) is 107 Å². The van der Waals surface area contributed by atoms with Gasteiger partial charge >= 0.3 is 0 Å². The Hall–Kier alpha value is -4.70. The van der Waals surface area contributed by atoms with Gasteiger partial charge in [0, 0.05) is 18.3 Å². The zero-order chi connectivity index (χ0) is 35.9. The number of aromatic nitrogens is 2. The van der Waals surface area contributed by atoms with Crippen molar-refractivity contribution in [1.82, 2.24) is 9.97 Å². The molecule has 0 amide bonds. The fourth-order valence-electron chi connectivity index (χ4n) is 6.62. The monoisotopic (exact) mass is 662 g/mol. The van der Waals surface area contributed by atoms with Gasteiger partial charge in [-0.15, -0.1) is 0 Å². The first-order valence-corrected chi connectivity index (χ1v) is 18.3. The van der Waals surface area contributed by atoms with Crippen molar-refractivity contribution in [1.29, 1.82) is 0 Å². The average molecular weight is 663 g/mol. The van der Waals surface area contributed by atoms with Crippen LogP contribution in [-0.4, -0.2) is 22.4 Å². The minimum atomic E-state index is 0.0313. The van der Waals surface area contributed by atoms with E-state index in [1.807, 2.05) is 61.2 Å². The van der Waals surface area contributed by atoms with Crippen molar-refractivity contribution in [2.45, 2.75) is 105 Å². The molecule has 0 atom stereocenters. The highest BCUT2D eigenvalue weighted by atomic mass is 14.8. The fourth-order valence-corrected chi connectivity index (χ4v) is 6.62. The highest BCUT2D eigenvalue weighted by Crippen LogP contribution is 2.44. The predicted octanol–water partition coefficient (Wildman–Crippen LogP) is 12.8. The first kappa shape index (κ1) is 36.6. The number of aliphatic imine (C=N–C) groups is 2. The molecule has 0 spiro atoms. The molecule has 0 aliphatic rings. The van der Waals surface area contributed by atoms with Gasteiger partial charge in [0.25, 0.3) is 0 Å². The summed E-state index contributed by atoms with van der Waals surface area (Å²) in [6, 6.07) is 30.9. The molecular formula is C46H54N4. The summed E-state index contributed by atoms with van der Waals surface area (Å²) in [6.45, 7) is 22.7. The summed E-state index contributed by atoms with van der Waals surface area (Å²) in [6.07, 6.45) is 7.45. The standard InChI is InChI=1S/C46H54N4/c1-29(2)34-17-19-35(20-18-34)44(36-23-40(30(3)4)45(41(24-36)31(5)6)49-27-38-15-11-13-21-47-38)37-25-42(32(7)8)46(43(26-37)33(9)10)50-28-39-16-12-14-22-48-39/h11-33,44H,1-10H3. The Labute approximate surface area is 300 Å². The second-order valence-electron chi connectivity index (χ2n) is 15.0. The third-order valence-electron chi connectivity index (χ3n) is 9.50. The first-order valence-electron chi connectivity index (χ1n) is 18.3.